The molecule has 0 aliphatic heterocycles. The Labute approximate surface area is 89.6 Å². The molecule has 0 radical (unpaired) electrons. The molecule has 0 bridgehead atoms. The van der Waals surface area contributed by atoms with E-state index in [1.165, 1.54) is 18.2 Å². The summed E-state index contributed by atoms with van der Waals surface area (Å²) in [6.07, 6.45) is 6.33. The molecule has 15 heavy (non-hydrogen) atoms. The number of carbonyl (C=O) groups is 1. The Morgan fingerprint density at radius 3 is 2.60 bits per heavy atom. The lowest BCUT2D eigenvalue weighted by Crippen LogP contribution is -1.83. The molecule has 0 aromatic heterocycles. The van der Waals surface area contributed by atoms with Crippen molar-refractivity contribution in [3.63, 3.8) is 0 Å². The fourth-order valence-corrected chi connectivity index (χ4v) is 0.825. The van der Waals surface area contributed by atoms with Crippen molar-refractivity contribution in [1.82, 2.24) is 0 Å². The van der Waals surface area contributed by atoms with Gasteiger partial charge in [-0.3, -0.25) is 4.79 Å². The van der Waals surface area contributed by atoms with Gasteiger partial charge in [-0.15, -0.1) is 0 Å². The molecule has 3 heteroatoms. The van der Waals surface area contributed by atoms with E-state index in [4.69, 9.17) is 5.73 Å². The molecular weight excluding hydrogens is 193 g/mol. The highest BCUT2D eigenvalue weighted by Crippen LogP contribution is 2.02. The highest BCUT2D eigenvalue weighted by Gasteiger charge is 1.85. The molecule has 0 spiro atoms. The topological polar surface area (TPSA) is 43.1 Å². The number of benzene rings is 1. The predicted octanol–water partition coefficient (Wildman–Crippen LogP) is 2.95. The van der Waals surface area contributed by atoms with Gasteiger partial charge in [0.1, 0.15) is 12.1 Å². The number of anilines is 1. The molecule has 0 atom stereocenters. The van der Waals surface area contributed by atoms with Crippen LogP contribution >= 0.6 is 0 Å². The van der Waals surface area contributed by atoms with Crippen molar-refractivity contribution in [1.29, 1.82) is 0 Å². The Morgan fingerprint density at radius 1 is 1.47 bits per heavy atom. The van der Waals surface area contributed by atoms with Crippen molar-refractivity contribution >= 4 is 12.0 Å². The molecule has 0 saturated carbocycles. The minimum Gasteiger partial charge on any atom is -0.399 e. The number of carbonyl (C=O) groups excluding carboxylic acids is 1. The van der Waals surface area contributed by atoms with Crippen molar-refractivity contribution in [3.05, 3.63) is 42.2 Å². The first kappa shape index (κ1) is 13.4. The quantitative estimate of drug-likeness (QED) is 0.472. The summed E-state index contributed by atoms with van der Waals surface area (Å²) < 4.78 is 12.1. The number of aldehydes is 1. The first-order valence-corrected chi connectivity index (χ1v) is 4.82. The molecule has 2 N–H and O–H groups in total. The second-order valence-electron chi connectivity index (χ2n) is 2.91. The van der Waals surface area contributed by atoms with E-state index in [0.717, 1.165) is 19.1 Å². The van der Waals surface area contributed by atoms with E-state index < -0.39 is 0 Å². The zero-order valence-electron chi connectivity index (χ0n) is 8.82. The van der Waals surface area contributed by atoms with Crippen LogP contribution in [0.3, 0.4) is 0 Å². The number of nitrogens with two attached hydrogens (primary N) is 1. The standard InChI is InChI=1S/C6H6FN.C6H10O/c7-5-2-1-3-6(8)4-5;1-2-3-4-5-6-7/h1-4H,8H2;4-6H,2-3H2,1H3/b;5-4-. The molecule has 82 valence electrons. The zero-order chi connectivity index (χ0) is 11.5. The fourth-order valence-electron chi connectivity index (χ4n) is 0.825. The van der Waals surface area contributed by atoms with Crippen LogP contribution in [0.15, 0.2) is 36.4 Å². The van der Waals surface area contributed by atoms with Crippen LogP contribution in [0.2, 0.25) is 0 Å². The van der Waals surface area contributed by atoms with Gasteiger partial charge in [-0.2, -0.15) is 0 Å². The number of unbranched alkanes of at least 4 members (excludes halogenated alkanes) is 1. The number of hydrogen-bond acceptors (Lipinski definition) is 2. The van der Waals surface area contributed by atoms with Gasteiger partial charge in [-0.25, -0.2) is 4.39 Å². The molecule has 1 aromatic rings. The number of nitrogen functional groups attached to an aromatic ring is 1. The Hall–Kier alpha value is -1.64. The van der Waals surface area contributed by atoms with Gasteiger partial charge in [0.2, 0.25) is 0 Å². The van der Waals surface area contributed by atoms with E-state index in [2.05, 4.69) is 6.92 Å². The maximum absolute atomic E-state index is 12.1. The highest BCUT2D eigenvalue weighted by atomic mass is 19.1. The number of allylic oxidation sites excluding steroid dienone is 2. The number of rotatable bonds is 3. The molecule has 0 amide bonds. The van der Waals surface area contributed by atoms with Gasteiger partial charge in [0.05, 0.1) is 0 Å². The molecule has 0 fully saturated rings. The Bertz CT molecular complexity index is 293. The summed E-state index contributed by atoms with van der Waals surface area (Å²) in [7, 11) is 0. The van der Waals surface area contributed by atoms with E-state index in [9.17, 15) is 9.18 Å². The maximum atomic E-state index is 12.1. The van der Waals surface area contributed by atoms with Crippen LogP contribution in [0, 0.1) is 5.82 Å². The Kier molecular flexibility index (Phi) is 7.96. The molecule has 0 saturated heterocycles. The van der Waals surface area contributed by atoms with Crippen LogP contribution in [-0.4, -0.2) is 6.29 Å². The second kappa shape index (κ2) is 8.94. The third-order valence-electron chi connectivity index (χ3n) is 1.52. The van der Waals surface area contributed by atoms with E-state index in [-0.39, 0.29) is 5.82 Å². The molecular formula is C12H16FNO. The summed E-state index contributed by atoms with van der Waals surface area (Å²) in [5, 5.41) is 0. The third-order valence-corrected chi connectivity index (χ3v) is 1.52. The largest absolute Gasteiger partial charge is 0.399 e. The van der Waals surface area contributed by atoms with Gasteiger partial charge in [0.25, 0.3) is 0 Å². The van der Waals surface area contributed by atoms with Gasteiger partial charge in [-0.1, -0.05) is 25.5 Å². The molecule has 0 unspecified atom stereocenters. The smallest absolute Gasteiger partial charge is 0.142 e. The van der Waals surface area contributed by atoms with Crippen LogP contribution in [0.25, 0.3) is 0 Å². The highest BCUT2D eigenvalue weighted by molar-refractivity contribution is 5.64. The summed E-state index contributed by atoms with van der Waals surface area (Å²) in [6, 6.07) is 5.85. The Morgan fingerprint density at radius 2 is 2.20 bits per heavy atom. The lowest BCUT2D eigenvalue weighted by atomic mass is 10.3. The summed E-state index contributed by atoms with van der Waals surface area (Å²) in [5.74, 6) is -0.287. The monoisotopic (exact) mass is 209 g/mol. The molecule has 2 nitrogen and oxygen atoms in total. The van der Waals surface area contributed by atoms with Gasteiger partial charge in [0.15, 0.2) is 0 Å². The predicted molar refractivity (Wildman–Crippen MR) is 60.9 cm³/mol. The molecule has 1 rings (SSSR count). The number of halogens is 1. The first-order chi connectivity index (χ1) is 7.20. The minimum absolute atomic E-state index is 0.287. The summed E-state index contributed by atoms with van der Waals surface area (Å²) in [4.78, 5) is 9.59. The normalized spacial score (nSPS) is 9.47. The third kappa shape index (κ3) is 8.68. The van der Waals surface area contributed by atoms with Crippen LogP contribution in [0.5, 0.6) is 0 Å². The molecule has 0 aliphatic carbocycles. The van der Waals surface area contributed by atoms with Crippen LogP contribution in [0.1, 0.15) is 19.8 Å². The van der Waals surface area contributed by atoms with Crippen molar-refractivity contribution < 1.29 is 9.18 Å². The zero-order valence-corrected chi connectivity index (χ0v) is 8.82. The van der Waals surface area contributed by atoms with Crippen molar-refractivity contribution in [2.24, 2.45) is 0 Å². The van der Waals surface area contributed by atoms with E-state index in [1.807, 2.05) is 6.08 Å². The van der Waals surface area contributed by atoms with E-state index in [0.29, 0.717) is 5.69 Å². The second-order valence-corrected chi connectivity index (χ2v) is 2.91. The molecule has 0 heterocycles. The first-order valence-electron chi connectivity index (χ1n) is 4.82. The van der Waals surface area contributed by atoms with Crippen molar-refractivity contribution in [3.8, 4) is 0 Å². The summed E-state index contributed by atoms with van der Waals surface area (Å²) in [6.45, 7) is 2.08. The number of hydrogen-bond donors (Lipinski definition) is 1. The van der Waals surface area contributed by atoms with Crippen LogP contribution < -0.4 is 5.73 Å². The van der Waals surface area contributed by atoms with Gasteiger partial charge >= 0.3 is 0 Å². The maximum Gasteiger partial charge on any atom is 0.142 e. The van der Waals surface area contributed by atoms with E-state index in [1.54, 1.807) is 12.1 Å². The van der Waals surface area contributed by atoms with Crippen molar-refractivity contribution in [2.75, 3.05) is 5.73 Å². The fraction of sp³-hybridized carbons (Fsp3) is 0.250. The summed E-state index contributed by atoms with van der Waals surface area (Å²) in [5.41, 5.74) is 5.68. The summed E-state index contributed by atoms with van der Waals surface area (Å²) >= 11 is 0. The average Bonchev–Trinajstić information content (AvgIpc) is 2.19. The lowest BCUT2D eigenvalue weighted by Gasteiger charge is -1.88. The SMILES string of the molecule is CCC/C=C\C=O.Nc1cccc(F)c1. The molecule has 0 aliphatic rings. The van der Waals surface area contributed by atoms with Crippen LogP contribution in [0.4, 0.5) is 10.1 Å². The Balaban J connectivity index is 0.000000265. The lowest BCUT2D eigenvalue weighted by molar-refractivity contribution is -0.104. The van der Waals surface area contributed by atoms with Crippen molar-refractivity contribution in [2.45, 2.75) is 19.8 Å². The average molecular weight is 209 g/mol. The van der Waals surface area contributed by atoms with Crippen LogP contribution in [-0.2, 0) is 4.79 Å². The van der Waals surface area contributed by atoms with Gasteiger partial charge in [-0.05, 0) is 30.7 Å². The minimum atomic E-state index is -0.287. The molecule has 1 aromatic carbocycles. The van der Waals surface area contributed by atoms with Gasteiger partial charge < -0.3 is 5.73 Å². The van der Waals surface area contributed by atoms with Gasteiger partial charge in [0, 0.05) is 5.69 Å². The van der Waals surface area contributed by atoms with E-state index >= 15 is 0 Å².